The number of methoxy groups -OCH3 is 1. The number of quaternary nitrogens is 1. The van der Waals surface area contributed by atoms with Crippen LogP contribution in [0.4, 0.5) is 5.69 Å². The lowest BCUT2D eigenvalue weighted by Crippen LogP contribution is -3.14. The molecule has 1 heterocycles. The molecule has 0 atom stereocenters. The Morgan fingerprint density at radius 3 is 2.62 bits per heavy atom. The van der Waals surface area contributed by atoms with Crippen LogP contribution in [0.2, 0.25) is 0 Å². The summed E-state index contributed by atoms with van der Waals surface area (Å²) < 4.78 is 5.71. The summed E-state index contributed by atoms with van der Waals surface area (Å²) in [6, 6.07) is 6.05. The van der Waals surface area contributed by atoms with Gasteiger partial charge in [-0.3, -0.25) is 9.59 Å². The molecule has 0 unspecified atom stereocenters. The number of anilines is 1. The van der Waals surface area contributed by atoms with Crippen LogP contribution in [0, 0.1) is 6.92 Å². The zero-order valence-electron chi connectivity index (χ0n) is 14.2. The number of rotatable bonds is 6. The van der Waals surface area contributed by atoms with Gasteiger partial charge in [0.05, 0.1) is 18.8 Å². The Morgan fingerprint density at radius 1 is 1.29 bits per heavy atom. The maximum atomic E-state index is 12.2. The monoisotopic (exact) mass is 398 g/mol. The quantitative estimate of drug-likeness (QED) is 0.653. The van der Waals surface area contributed by atoms with Crippen LogP contribution in [0.25, 0.3) is 0 Å². The third-order valence-corrected chi connectivity index (χ3v) is 4.80. The second-order valence-corrected chi connectivity index (χ2v) is 7.09. The minimum atomic E-state index is -0.0760. The van der Waals surface area contributed by atoms with Gasteiger partial charge < -0.3 is 20.3 Å². The van der Waals surface area contributed by atoms with Crippen LogP contribution in [0.1, 0.15) is 18.4 Å². The van der Waals surface area contributed by atoms with Crippen molar-refractivity contribution in [3.8, 4) is 0 Å². The predicted molar refractivity (Wildman–Crippen MR) is 96.1 cm³/mol. The highest BCUT2D eigenvalue weighted by Gasteiger charge is 2.25. The summed E-state index contributed by atoms with van der Waals surface area (Å²) in [5, 5.41) is 5.91. The number of carbonyl (C=O) groups excluding carboxylic acids is 2. The van der Waals surface area contributed by atoms with E-state index < -0.39 is 0 Å². The maximum Gasteiger partial charge on any atom is 0.279 e. The maximum absolute atomic E-state index is 12.2. The molecule has 1 aromatic rings. The Kier molecular flexibility index (Phi) is 7.20. The molecule has 0 aliphatic carbocycles. The highest BCUT2D eigenvalue weighted by Crippen LogP contribution is 2.23. The van der Waals surface area contributed by atoms with E-state index in [0.717, 1.165) is 41.7 Å². The molecule has 1 aliphatic rings. The van der Waals surface area contributed by atoms with Gasteiger partial charge >= 0.3 is 0 Å². The minimum absolute atomic E-state index is 0.0106. The summed E-state index contributed by atoms with van der Waals surface area (Å²) in [6.07, 6.45) is 1.76. The van der Waals surface area contributed by atoms with E-state index in [1.165, 1.54) is 12.0 Å². The second-order valence-electron chi connectivity index (χ2n) is 6.23. The van der Waals surface area contributed by atoms with Crippen LogP contribution < -0.4 is 15.5 Å². The van der Waals surface area contributed by atoms with E-state index in [-0.39, 0.29) is 24.5 Å². The fraction of sp³-hybridized carbons (Fsp3) is 0.529. The van der Waals surface area contributed by atoms with Gasteiger partial charge in [-0.15, -0.1) is 0 Å². The Morgan fingerprint density at radius 2 is 2.00 bits per heavy atom. The van der Waals surface area contributed by atoms with Crippen molar-refractivity contribution in [1.82, 2.24) is 5.32 Å². The molecule has 24 heavy (non-hydrogen) atoms. The summed E-state index contributed by atoms with van der Waals surface area (Å²) in [7, 11) is 1.51. The molecular weight excluding hydrogens is 374 g/mol. The zero-order chi connectivity index (χ0) is 17.5. The Labute approximate surface area is 151 Å². The normalized spacial score (nSPS) is 20.5. The fourth-order valence-electron chi connectivity index (χ4n) is 2.89. The van der Waals surface area contributed by atoms with Crippen LogP contribution in [-0.4, -0.2) is 51.2 Å². The van der Waals surface area contributed by atoms with Crippen molar-refractivity contribution in [2.24, 2.45) is 0 Å². The molecule has 3 N–H and O–H groups in total. The van der Waals surface area contributed by atoms with E-state index in [1.807, 2.05) is 25.1 Å². The number of piperidine rings is 1. The van der Waals surface area contributed by atoms with Crippen LogP contribution in [0.3, 0.4) is 0 Å². The third kappa shape index (κ3) is 5.89. The number of halogens is 1. The Balaban J connectivity index is 1.75. The van der Waals surface area contributed by atoms with Gasteiger partial charge in [-0.1, -0.05) is 6.07 Å². The number of likely N-dealkylation sites (tertiary alicyclic amines) is 1. The summed E-state index contributed by atoms with van der Waals surface area (Å²) in [6.45, 7) is 4.30. The highest BCUT2D eigenvalue weighted by atomic mass is 79.9. The summed E-state index contributed by atoms with van der Waals surface area (Å²) in [5.41, 5.74) is 1.94. The van der Waals surface area contributed by atoms with Gasteiger partial charge in [0, 0.05) is 30.5 Å². The lowest BCUT2D eigenvalue weighted by molar-refractivity contribution is -0.897. The number of carbonyl (C=O) groups is 2. The first-order valence-electron chi connectivity index (χ1n) is 8.16. The van der Waals surface area contributed by atoms with Crippen molar-refractivity contribution < 1.29 is 19.2 Å². The van der Waals surface area contributed by atoms with Crippen LogP contribution in [-0.2, 0) is 14.3 Å². The van der Waals surface area contributed by atoms with Crippen molar-refractivity contribution in [3.63, 3.8) is 0 Å². The van der Waals surface area contributed by atoms with Gasteiger partial charge in [-0.25, -0.2) is 0 Å². The first kappa shape index (κ1) is 18.9. The van der Waals surface area contributed by atoms with Crippen molar-refractivity contribution in [2.75, 3.05) is 38.7 Å². The van der Waals surface area contributed by atoms with E-state index in [2.05, 4.69) is 26.6 Å². The minimum Gasteiger partial charge on any atom is -0.375 e. The van der Waals surface area contributed by atoms with Gasteiger partial charge in [0.2, 0.25) is 5.91 Å². The Hall–Kier alpha value is -1.44. The van der Waals surface area contributed by atoms with Gasteiger partial charge in [0.25, 0.3) is 5.91 Å². The summed E-state index contributed by atoms with van der Waals surface area (Å²) >= 11 is 3.47. The van der Waals surface area contributed by atoms with Crippen LogP contribution in [0.15, 0.2) is 22.7 Å². The largest absolute Gasteiger partial charge is 0.375 e. The first-order chi connectivity index (χ1) is 11.5. The number of nitrogens with one attached hydrogen (secondary N) is 3. The number of hydrogen-bond acceptors (Lipinski definition) is 3. The third-order valence-electron chi connectivity index (χ3n) is 4.14. The van der Waals surface area contributed by atoms with E-state index in [0.29, 0.717) is 6.54 Å². The molecule has 1 fully saturated rings. The SMILES string of the molecule is COCC(=O)NC1CC[NH+](CC(=O)Nc2ccc(C)cc2Br)CC1. The molecule has 0 spiro atoms. The van der Waals surface area contributed by atoms with Crippen molar-refractivity contribution in [2.45, 2.75) is 25.8 Å². The predicted octanol–water partition coefficient (Wildman–Crippen LogP) is 0.506. The van der Waals surface area contributed by atoms with E-state index in [4.69, 9.17) is 4.74 Å². The molecule has 132 valence electrons. The molecule has 2 rings (SSSR count). The average molecular weight is 399 g/mol. The van der Waals surface area contributed by atoms with Crippen molar-refractivity contribution in [3.05, 3.63) is 28.2 Å². The molecule has 2 amide bonds. The molecule has 0 saturated carbocycles. The lowest BCUT2D eigenvalue weighted by atomic mass is 10.1. The molecule has 1 saturated heterocycles. The fourth-order valence-corrected chi connectivity index (χ4v) is 3.48. The molecule has 1 aliphatic heterocycles. The van der Waals surface area contributed by atoms with Gasteiger partial charge in [-0.2, -0.15) is 0 Å². The standard InChI is InChI=1S/C17H24BrN3O3/c1-12-3-4-15(14(18)9-12)20-16(22)10-21-7-5-13(6-8-21)19-17(23)11-24-2/h3-4,9,13H,5-8,10-11H2,1-2H3,(H,19,23)(H,20,22)/p+1. The molecule has 0 bridgehead atoms. The van der Waals surface area contributed by atoms with Crippen molar-refractivity contribution in [1.29, 1.82) is 0 Å². The highest BCUT2D eigenvalue weighted by molar-refractivity contribution is 9.10. The first-order valence-corrected chi connectivity index (χ1v) is 8.95. The van der Waals surface area contributed by atoms with E-state index in [1.54, 1.807) is 0 Å². The number of aryl methyl sites for hydroxylation is 1. The number of ether oxygens (including phenoxy) is 1. The Bertz CT molecular complexity index is 586. The molecule has 0 radical (unpaired) electrons. The van der Waals surface area contributed by atoms with E-state index >= 15 is 0 Å². The molecule has 0 aromatic heterocycles. The van der Waals surface area contributed by atoms with Gasteiger partial charge in [0.15, 0.2) is 6.54 Å². The number of benzene rings is 1. The topological polar surface area (TPSA) is 71.9 Å². The van der Waals surface area contributed by atoms with Crippen LogP contribution in [0.5, 0.6) is 0 Å². The number of amides is 2. The van der Waals surface area contributed by atoms with Gasteiger partial charge in [0.1, 0.15) is 6.61 Å². The molecule has 7 heteroatoms. The van der Waals surface area contributed by atoms with E-state index in [9.17, 15) is 9.59 Å². The molecular formula is C17H25BrN3O3+. The molecule has 1 aromatic carbocycles. The van der Waals surface area contributed by atoms with Crippen molar-refractivity contribution >= 4 is 33.4 Å². The smallest absolute Gasteiger partial charge is 0.279 e. The second kappa shape index (κ2) is 9.15. The van der Waals surface area contributed by atoms with Crippen LogP contribution >= 0.6 is 15.9 Å². The average Bonchev–Trinajstić information content (AvgIpc) is 2.52. The number of hydrogen-bond donors (Lipinski definition) is 3. The summed E-state index contributed by atoms with van der Waals surface area (Å²) in [4.78, 5) is 25.0. The van der Waals surface area contributed by atoms with Gasteiger partial charge in [-0.05, 0) is 40.5 Å². The zero-order valence-corrected chi connectivity index (χ0v) is 15.7. The lowest BCUT2D eigenvalue weighted by Gasteiger charge is -2.29. The molecule has 6 nitrogen and oxygen atoms in total. The summed E-state index contributed by atoms with van der Waals surface area (Å²) in [5.74, 6) is -0.0654.